The predicted octanol–water partition coefficient (Wildman–Crippen LogP) is 1.43. The van der Waals surface area contributed by atoms with Crippen molar-refractivity contribution in [3.8, 4) is 11.4 Å². The smallest absolute Gasteiger partial charge is 0.332 e. The molecule has 9 nitrogen and oxygen atoms in total. The summed E-state index contributed by atoms with van der Waals surface area (Å²) in [5.74, 6) is 0.0972. The molecule has 0 fully saturated rings. The summed E-state index contributed by atoms with van der Waals surface area (Å²) in [4.78, 5) is 35.8. The molecule has 0 unspecified atom stereocenters. The number of aromatic nitrogens is 4. The molecule has 140 valence electrons. The molecule has 0 aliphatic heterocycles. The fourth-order valence-corrected chi connectivity index (χ4v) is 2.84. The number of ether oxygens (including phenoxy) is 1. The molecule has 9 heteroatoms. The maximum Gasteiger partial charge on any atom is 0.332 e. The molecule has 0 radical (unpaired) electrons. The lowest BCUT2D eigenvalue weighted by atomic mass is 10.0. The average molecular weight is 368 g/mol. The monoisotopic (exact) mass is 368 g/mol. The van der Waals surface area contributed by atoms with E-state index < -0.39 is 11.6 Å². The summed E-state index contributed by atoms with van der Waals surface area (Å²) in [6.45, 7) is 1.95. The van der Waals surface area contributed by atoms with Crippen molar-refractivity contribution in [1.29, 1.82) is 5.41 Å². The van der Waals surface area contributed by atoms with Crippen LogP contribution in [0.5, 0.6) is 5.75 Å². The third kappa shape index (κ3) is 3.43. The van der Waals surface area contributed by atoms with E-state index in [1.165, 1.54) is 17.9 Å². The number of benzene rings is 1. The number of hydrogen-bond acceptors (Lipinski definition) is 6. The summed E-state index contributed by atoms with van der Waals surface area (Å²) in [5.41, 5.74) is 5.92. The summed E-state index contributed by atoms with van der Waals surface area (Å²) in [5, 5.41) is 7.49. The van der Waals surface area contributed by atoms with Gasteiger partial charge in [-0.05, 0) is 24.8 Å². The highest BCUT2D eigenvalue weighted by molar-refractivity contribution is 6.01. The van der Waals surface area contributed by atoms with Crippen molar-refractivity contribution in [3.05, 3.63) is 46.3 Å². The molecule has 0 saturated carbocycles. The van der Waals surface area contributed by atoms with Crippen LogP contribution in [0.3, 0.4) is 0 Å². The minimum atomic E-state index is -0.759. The zero-order chi connectivity index (χ0) is 19.6. The van der Waals surface area contributed by atoms with Crippen LogP contribution in [0.4, 0.5) is 0 Å². The molecular formula is C18H20N6O3. The van der Waals surface area contributed by atoms with Gasteiger partial charge in [0.25, 0.3) is 5.91 Å². The van der Waals surface area contributed by atoms with Gasteiger partial charge in [-0.15, -0.1) is 0 Å². The fraction of sp³-hybridized carbons (Fsp3) is 0.278. The first-order valence-electron chi connectivity index (χ1n) is 8.45. The van der Waals surface area contributed by atoms with Crippen molar-refractivity contribution in [2.45, 2.75) is 19.8 Å². The highest BCUT2D eigenvalue weighted by Crippen LogP contribution is 2.21. The largest absolute Gasteiger partial charge is 0.497 e. The second kappa shape index (κ2) is 7.40. The van der Waals surface area contributed by atoms with Gasteiger partial charge in [0.15, 0.2) is 11.3 Å². The van der Waals surface area contributed by atoms with Crippen molar-refractivity contribution in [1.82, 2.24) is 19.5 Å². The van der Waals surface area contributed by atoms with Crippen LogP contribution in [-0.4, -0.2) is 38.8 Å². The second-order valence-electron chi connectivity index (χ2n) is 6.06. The van der Waals surface area contributed by atoms with Gasteiger partial charge in [-0.1, -0.05) is 13.0 Å². The van der Waals surface area contributed by atoms with Crippen LogP contribution >= 0.6 is 0 Å². The van der Waals surface area contributed by atoms with Crippen LogP contribution in [0.15, 0.2) is 29.1 Å². The third-order valence-electron chi connectivity index (χ3n) is 4.33. The second-order valence-corrected chi connectivity index (χ2v) is 6.06. The molecule has 0 bridgehead atoms. The fourth-order valence-electron chi connectivity index (χ4n) is 2.84. The molecule has 4 N–H and O–H groups in total. The molecule has 1 atom stereocenters. The van der Waals surface area contributed by atoms with Crippen molar-refractivity contribution in [2.75, 3.05) is 7.11 Å². The quantitative estimate of drug-likeness (QED) is 0.541. The van der Waals surface area contributed by atoms with Gasteiger partial charge in [-0.25, -0.2) is 19.3 Å². The molecule has 2 heterocycles. The first-order chi connectivity index (χ1) is 13.0. The summed E-state index contributed by atoms with van der Waals surface area (Å²) in [6.07, 6.45) is 2.42. The van der Waals surface area contributed by atoms with Gasteiger partial charge in [0.05, 0.1) is 12.8 Å². The Morgan fingerprint density at radius 2 is 2.22 bits per heavy atom. The number of carbonyl (C=O) groups is 1. The van der Waals surface area contributed by atoms with Crippen LogP contribution in [0, 0.1) is 11.3 Å². The first kappa shape index (κ1) is 18.3. The summed E-state index contributed by atoms with van der Waals surface area (Å²) in [7, 11) is 1.53. The lowest BCUT2D eigenvalue weighted by Crippen LogP contribution is -2.17. The van der Waals surface area contributed by atoms with Crippen molar-refractivity contribution in [2.24, 2.45) is 11.7 Å². The van der Waals surface area contributed by atoms with E-state index in [1.807, 2.05) is 6.92 Å². The molecule has 1 amide bonds. The summed E-state index contributed by atoms with van der Waals surface area (Å²) < 4.78 is 6.56. The molecule has 27 heavy (non-hydrogen) atoms. The van der Waals surface area contributed by atoms with Gasteiger partial charge in [0, 0.05) is 18.4 Å². The Bertz CT molecular complexity index is 1070. The SMILES string of the molecule is CC[C@H](C=N)Cc1nc(C(N)=O)c2[nH]c(=O)n(-c3cccc(OC)c3)c2n1. The molecule has 0 aliphatic carbocycles. The standard InChI is InChI=1S/C18H20N6O3/c1-3-10(9-19)7-13-21-14(16(20)25)15-17(22-13)24(18(26)23-15)11-5-4-6-12(8-11)27-2/h4-6,8-10,19H,3,7H2,1-2H3,(H2,20,25)(H,23,26)/t10-/m0/s1. The number of rotatable bonds is 7. The maximum absolute atomic E-state index is 12.6. The van der Waals surface area contributed by atoms with E-state index in [9.17, 15) is 9.59 Å². The number of nitrogens with zero attached hydrogens (tertiary/aromatic N) is 3. The number of carbonyl (C=O) groups excluding carboxylic acids is 1. The first-order valence-corrected chi connectivity index (χ1v) is 8.45. The maximum atomic E-state index is 12.6. The Morgan fingerprint density at radius 3 is 2.85 bits per heavy atom. The Labute approximate surface area is 154 Å². The molecule has 3 aromatic rings. The summed E-state index contributed by atoms with van der Waals surface area (Å²) >= 11 is 0. The van der Waals surface area contributed by atoms with Crippen LogP contribution in [0.2, 0.25) is 0 Å². The van der Waals surface area contributed by atoms with Gasteiger partial charge in [0.2, 0.25) is 0 Å². The van der Waals surface area contributed by atoms with E-state index in [0.717, 1.165) is 6.42 Å². The lowest BCUT2D eigenvalue weighted by Gasteiger charge is -2.10. The predicted molar refractivity (Wildman–Crippen MR) is 101 cm³/mol. The number of nitrogens with one attached hydrogen (secondary N) is 2. The lowest BCUT2D eigenvalue weighted by molar-refractivity contribution is 0.0996. The highest BCUT2D eigenvalue weighted by atomic mass is 16.5. The van der Waals surface area contributed by atoms with E-state index in [2.05, 4.69) is 15.0 Å². The van der Waals surface area contributed by atoms with Gasteiger partial charge in [-0.2, -0.15) is 0 Å². The molecule has 0 spiro atoms. The molecule has 0 aliphatic rings. The minimum absolute atomic E-state index is 0.0476. The van der Waals surface area contributed by atoms with E-state index >= 15 is 0 Å². The Morgan fingerprint density at radius 1 is 1.44 bits per heavy atom. The number of primary amides is 1. The van der Waals surface area contributed by atoms with Crippen molar-refractivity contribution >= 4 is 23.3 Å². The van der Waals surface area contributed by atoms with Gasteiger partial charge >= 0.3 is 5.69 Å². The van der Waals surface area contributed by atoms with E-state index in [-0.39, 0.29) is 22.8 Å². The van der Waals surface area contributed by atoms with E-state index in [1.54, 1.807) is 24.3 Å². The Hall–Kier alpha value is -3.49. The van der Waals surface area contributed by atoms with Crippen LogP contribution in [0.1, 0.15) is 29.7 Å². The number of nitrogens with two attached hydrogens (primary N) is 1. The van der Waals surface area contributed by atoms with Gasteiger partial charge < -0.3 is 20.9 Å². The van der Waals surface area contributed by atoms with E-state index in [4.69, 9.17) is 15.9 Å². The van der Waals surface area contributed by atoms with Crippen LogP contribution in [0.25, 0.3) is 16.9 Å². The minimum Gasteiger partial charge on any atom is -0.497 e. The zero-order valence-corrected chi connectivity index (χ0v) is 15.0. The Balaban J connectivity index is 2.27. The molecule has 3 rings (SSSR count). The van der Waals surface area contributed by atoms with Gasteiger partial charge in [0.1, 0.15) is 17.1 Å². The molecule has 2 aromatic heterocycles. The topological polar surface area (TPSA) is 140 Å². The Kier molecular flexibility index (Phi) is 5.02. The number of fused-ring (bicyclic) bond motifs is 1. The number of methoxy groups -OCH3 is 1. The third-order valence-corrected chi connectivity index (χ3v) is 4.33. The van der Waals surface area contributed by atoms with Crippen LogP contribution in [-0.2, 0) is 6.42 Å². The van der Waals surface area contributed by atoms with Gasteiger partial charge in [-0.3, -0.25) is 4.79 Å². The van der Waals surface area contributed by atoms with Crippen molar-refractivity contribution in [3.63, 3.8) is 0 Å². The number of hydrogen-bond donors (Lipinski definition) is 3. The molecular weight excluding hydrogens is 348 g/mol. The number of H-pyrrole nitrogens is 1. The van der Waals surface area contributed by atoms with Crippen molar-refractivity contribution < 1.29 is 9.53 Å². The molecule has 1 aromatic carbocycles. The number of aromatic amines is 1. The summed E-state index contributed by atoms with van der Waals surface area (Å²) in [6, 6.07) is 6.93. The number of amides is 1. The zero-order valence-electron chi connectivity index (χ0n) is 15.0. The normalized spacial score (nSPS) is 12.1. The average Bonchev–Trinajstić information content (AvgIpc) is 3.00. The molecule has 0 saturated heterocycles. The van der Waals surface area contributed by atoms with Crippen LogP contribution < -0.4 is 16.2 Å². The highest BCUT2D eigenvalue weighted by Gasteiger charge is 2.20. The van der Waals surface area contributed by atoms with E-state index in [0.29, 0.717) is 23.7 Å². The number of imidazole rings is 1.